The third-order valence-electron chi connectivity index (χ3n) is 3.49. The molecule has 0 heterocycles. The molecule has 2 rings (SSSR count). The highest BCUT2D eigenvalue weighted by Gasteiger charge is 2.12. The molecule has 0 aliphatic rings. The highest BCUT2D eigenvalue weighted by atomic mass is 32.2. The van der Waals surface area contributed by atoms with Gasteiger partial charge in [0, 0.05) is 16.2 Å². The minimum absolute atomic E-state index is 0.115. The van der Waals surface area contributed by atoms with Crippen molar-refractivity contribution in [1.82, 2.24) is 0 Å². The largest absolute Gasteiger partial charge is 0.295 e. The van der Waals surface area contributed by atoms with Crippen LogP contribution in [0, 0.1) is 0 Å². The van der Waals surface area contributed by atoms with E-state index < -0.39 is 0 Å². The molecule has 2 aromatic carbocycles. The SMILES string of the molecule is CC(=O)c1ccc(SCc2ccc(C(C)(C)C)cc2)cc1. The van der Waals surface area contributed by atoms with Crippen molar-refractivity contribution in [2.45, 2.75) is 43.8 Å². The Morgan fingerprint density at radius 2 is 1.52 bits per heavy atom. The van der Waals surface area contributed by atoms with E-state index in [-0.39, 0.29) is 11.2 Å². The molecule has 0 radical (unpaired) electrons. The van der Waals surface area contributed by atoms with Crippen molar-refractivity contribution in [3.05, 3.63) is 65.2 Å². The van der Waals surface area contributed by atoms with Crippen LogP contribution >= 0.6 is 11.8 Å². The van der Waals surface area contributed by atoms with Crippen molar-refractivity contribution in [3.63, 3.8) is 0 Å². The molecular formula is C19H22OS. The second-order valence-corrected chi connectivity index (χ2v) is 7.36. The maximum Gasteiger partial charge on any atom is 0.159 e. The molecule has 0 aliphatic carbocycles. The Morgan fingerprint density at radius 1 is 0.952 bits per heavy atom. The summed E-state index contributed by atoms with van der Waals surface area (Å²) in [6, 6.07) is 16.7. The second kappa shape index (κ2) is 6.48. The van der Waals surface area contributed by atoms with E-state index >= 15 is 0 Å². The molecule has 21 heavy (non-hydrogen) atoms. The van der Waals surface area contributed by atoms with Gasteiger partial charge in [-0.2, -0.15) is 0 Å². The van der Waals surface area contributed by atoms with Crippen LogP contribution in [0.4, 0.5) is 0 Å². The van der Waals surface area contributed by atoms with Crippen LogP contribution in [0.25, 0.3) is 0 Å². The minimum Gasteiger partial charge on any atom is -0.295 e. The molecule has 0 aliphatic heterocycles. The summed E-state index contributed by atoms with van der Waals surface area (Å²) in [6.45, 7) is 8.28. The third-order valence-corrected chi connectivity index (χ3v) is 4.57. The molecule has 0 N–H and O–H groups in total. The molecule has 0 bridgehead atoms. The third kappa shape index (κ3) is 4.47. The lowest BCUT2D eigenvalue weighted by Crippen LogP contribution is -2.10. The lowest BCUT2D eigenvalue weighted by atomic mass is 9.87. The number of rotatable bonds is 4. The van der Waals surface area contributed by atoms with E-state index in [1.54, 1.807) is 18.7 Å². The molecule has 2 aromatic rings. The van der Waals surface area contributed by atoms with Gasteiger partial charge in [-0.25, -0.2) is 0 Å². The van der Waals surface area contributed by atoms with Crippen molar-refractivity contribution in [1.29, 1.82) is 0 Å². The van der Waals surface area contributed by atoms with E-state index in [9.17, 15) is 4.79 Å². The average Bonchev–Trinajstić information content (AvgIpc) is 2.45. The molecule has 0 unspecified atom stereocenters. The molecular weight excluding hydrogens is 276 g/mol. The predicted molar refractivity (Wildman–Crippen MR) is 91.1 cm³/mol. The first-order valence-electron chi connectivity index (χ1n) is 7.19. The zero-order chi connectivity index (χ0) is 15.5. The fourth-order valence-electron chi connectivity index (χ4n) is 2.05. The van der Waals surface area contributed by atoms with Gasteiger partial charge in [-0.3, -0.25) is 4.79 Å². The topological polar surface area (TPSA) is 17.1 Å². The smallest absolute Gasteiger partial charge is 0.159 e. The monoisotopic (exact) mass is 298 g/mol. The van der Waals surface area contributed by atoms with Gasteiger partial charge in [-0.1, -0.05) is 57.2 Å². The molecule has 1 nitrogen and oxygen atoms in total. The molecule has 0 aromatic heterocycles. The van der Waals surface area contributed by atoms with Crippen LogP contribution in [-0.2, 0) is 11.2 Å². The Bertz CT molecular complexity index is 604. The zero-order valence-corrected chi connectivity index (χ0v) is 14.0. The lowest BCUT2D eigenvalue weighted by Gasteiger charge is -2.19. The van der Waals surface area contributed by atoms with Crippen LogP contribution in [-0.4, -0.2) is 5.78 Å². The first kappa shape index (κ1) is 15.8. The van der Waals surface area contributed by atoms with Crippen molar-refractivity contribution in [3.8, 4) is 0 Å². The maximum atomic E-state index is 11.2. The van der Waals surface area contributed by atoms with Crippen LogP contribution in [0.15, 0.2) is 53.4 Å². The zero-order valence-electron chi connectivity index (χ0n) is 13.1. The highest BCUT2D eigenvalue weighted by Crippen LogP contribution is 2.26. The Hall–Kier alpha value is -1.54. The standard InChI is InChI=1S/C19H22OS/c1-14(20)16-7-11-18(12-8-16)21-13-15-5-9-17(10-6-15)19(2,3)4/h5-12H,13H2,1-4H3. The summed E-state index contributed by atoms with van der Waals surface area (Å²) in [5.41, 5.74) is 3.66. The lowest BCUT2D eigenvalue weighted by molar-refractivity contribution is 0.101. The summed E-state index contributed by atoms with van der Waals surface area (Å²) >= 11 is 1.80. The van der Waals surface area contributed by atoms with Gasteiger partial charge in [0.1, 0.15) is 0 Å². The molecule has 2 heteroatoms. The number of hydrogen-bond acceptors (Lipinski definition) is 2. The normalized spacial score (nSPS) is 11.4. The van der Waals surface area contributed by atoms with Crippen molar-refractivity contribution in [2.24, 2.45) is 0 Å². The summed E-state index contributed by atoms with van der Waals surface area (Å²) in [5, 5.41) is 0. The van der Waals surface area contributed by atoms with Crippen LogP contribution in [0.3, 0.4) is 0 Å². The summed E-state index contributed by atoms with van der Waals surface area (Å²) in [4.78, 5) is 12.4. The van der Waals surface area contributed by atoms with E-state index in [4.69, 9.17) is 0 Å². The fraction of sp³-hybridized carbons (Fsp3) is 0.316. The highest BCUT2D eigenvalue weighted by molar-refractivity contribution is 7.98. The average molecular weight is 298 g/mol. The van der Waals surface area contributed by atoms with Crippen LogP contribution in [0.1, 0.15) is 49.2 Å². The molecule has 0 saturated heterocycles. The van der Waals surface area contributed by atoms with Gasteiger partial charge in [0.2, 0.25) is 0 Å². The predicted octanol–water partition coefficient (Wildman–Crippen LogP) is 5.48. The molecule has 0 saturated carbocycles. The first-order valence-corrected chi connectivity index (χ1v) is 8.18. The fourth-order valence-corrected chi connectivity index (χ4v) is 2.91. The van der Waals surface area contributed by atoms with Gasteiger partial charge in [0.15, 0.2) is 5.78 Å². The van der Waals surface area contributed by atoms with E-state index in [0.29, 0.717) is 0 Å². The van der Waals surface area contributed by atoms with Crippen LogP contribution in [0.5, 0.6) is 0 Å². The second-order valence-electron chi connectivity index (χ2n) is 6.32. The van der Waals surface area contributed by atoms with Crippen LogP contribution < -0.4 is 0 Å². The Morgan fingerprint density at radius 3 is 2.00 bits per heavy atom. The molecule has 0 atom stereocenters. The number of carbonyl (C=O) groups excluding carboxylic acids is 1. The van der Waals surface area contributed by atoms with Gasteiger partial charge < -0.3 is 0 Å². The Labute approximate surface area is 131 Å². The molecule has 0 fully saturated rings. The van der Waals surface area contributed by atoms with Gasteiger partial charge >= 0.3 is 0 Å². The van der Waals surface area contributed by atoms with Crippen molar-refractivity contribution < 1.29 is 4.79 Å². The molecule has 0 spiro atoms. The number of Topliss-reactive ketones (excluding diaryl/α,β-unsaturated/α-hetero) is 1. The first-order chi connectivity index (χ1) is 9.86. The summed E-state index contributed by atoms with van der Waals surface area (Å²) in [5.74, 6) is 1.06. The quantitative estimate of drug-likeness (QED) is 0.549. The van der Waals surface area contributed by atoms with E-state index in [1.165, 1.54) is 16.0 Å². The van der Waals surface area contributed by atoms with Gasteiger partial charge in [-0.05, 0) is 35.6 Å². The summed E-state index contributed by atoms with van der Waals surface area (Å²) in [6.07, 6.45) is 0. The van der Waals surface area contributed by atoms with E-state index in [0.717, 1.165) is 11.3 Å². The summed E-state index contributed by atoms with van der Waals surface area (Å²) < 4.78 is 0. The molecule has 110 valence electrons. The maximum absolute atomic E-state index is 11.2. The van der Waals surface area contributed by atoms with Gasteiger partial charge in [-0.15, -0.1) is 11.8 Å². The minimum atomic E-state index is 0.115. The number of ketones is 1. The number of thioether (sulfide) groups is 1. The number of hydrogen-bond donors (Lipinski definition) is 0. The number of carbonyl (C=O) groups is 1. The number of benzene rings is 2. The van der Waals surface area contributed by atoms with E-state index in [2.05, 4.69) is 45.0 Å². The van der Waals surface area contributed by atoms with Gasteiger partial charge in [0.25, 0.3) is 0 Å². The Balaban J connectivity index is 1.98. The van der Waals surface area contributed by atoms with Crippen molar-refractivity contribution in [2.75, 3.05) is 0 Å². The van der Waals surface area contributed by atoms with Crippen molar-refractivity contribution >= 4 is 17.5 Å². The van der Waals surface area contributed by atoms with E-state index in [1.807, 2.05) is 24.3 Å². The Kier molecular flexibility index (Phi) is 4.89. The van der Waals surface area contributed by atoms with Gasteiger partial charge in [0.05, 0.1) is 0 Å². The molecule has 0 amide bonds. The van der Waals surface area contributed by atoms with Crippen LogP contribution in [0.2, 0.25) is 0 Å². The summed E-state index contributed by atoms with van der Waals surface area (Å²) in [7, 11) is 0.